The van der Waals surface area contributed by atoms with Gasteiger partial charge in [-0.05, 0) is 6.07 Å². The predicted octanol–water partition coefficient (Wildman–Crippen LogP) is -0.437. The zero-order valence-electron chi connectivity index (χ0n) is 10.1. The second-order valence-corrected chi connectivity index (χ2v) is 4.02. The SMILES string of the molecule is NC(=O)CC(O)C(O)c1cc([N+](=O)[O-])ccc1C(=O)O. The van der Waals surface area contributed by atoms with E-state index in [4.69, 9.17) is 10.8 Å². The molecule has 2 unspecified atom stereocenters. The highest BCUT2D eigenvalue weighted by atomic mass is 16.6. The molecular formula is C11H12N2O7. The van der Waals surface area contributed by atoms with Gasteiger partial charge in [0.2, 0.25) is 5.91 Å². The van der Waals surface area contributed by atoms with Crippen LogP contribution < -0.4 is 5.73 Å². The third kappa shape index (κ3) is 3.49. The molecule has 0 radical (unpaired) electrons. The van der Waals surface area contributed by atoms with Gasteiger partial charge in [-0.3, -0.25) is 14.9 Å². The van der Waals surface area contributed by atoms with Crippen LogP contribution in [0, 0.1) is 10.1 Å². The molecule has 1 amide bonds. The average Bonchev–Trinajstić information content (AvgIpc) is 2.35. The first-order valence-electron chi connectivity index (χ1n) is 5.40. The van der Waals surface area contributed by atoms with Crippen molar-refractivity contribution in [2.75, 3.05) is 0 Å². The molecule has 0 aliphatic rings. The summed E-state index contributed by atoms with van der Waals surface area (Å²) in [5.41, 5.74) is 3.63. The number of non-ortho nitro benzene ring substituents is 1. The maximum Gasteiger partial charge on any atom is 0.336 e. The van der Waals surface area contributed by atoms with E-state index in [1.807, 2.05) is 0 Å². The number of amides is 1. The predicted molar refractivity (Wildman–Crippen MR) is 64.8 cm³/mol. The molecule has 9 nitrogen and oxygen atoms in total. The summed E-state index contributed by atoms with van der Waals surface area (Å²) in [7, 11) is 0. The van der Waals surface area contributed by atoms with Gasteiger partial charge >= 0.3 is 5.97 Å². The van der Waals surface area contributed by atoms with Gasteiger partial charge in [-0.15, -0.1) is 0 Å². The molecule has 0 fully saturated rings. The van der Waals surface area contributed by atoms with Gasteiger partial charge in [-0.2, -0.15) is 0 Å². The van der Waals surface area contributed by atoms with Crippen LogP contribution >= 0.6 is 0 Å². The standard InChI is InChI=1S/C11H12N2O7/c12-9(15)4-8(14)10(16)7-3-5(13(19)20)1-2-6(7)11(17)18/h1-3,8,10,14,16H,4H2,(H2,12,15)(H,17,18). The quantitative estimate of drug-likeness (QED) is 0.406. The van der Waals surface area contributed by atoms with Crippen molar-refractivity contribution in [2.45, 2.75) is 18.6 Å². The van der Waals surface area contributed by atoms with Crippen molar-refractivity contribution in [2.24, 2.45) is 5.73 Å². The lowest BCUT2D eigenvalue weighted by Crippen LogP contribution is -2.26. The van der Waals surface area contributed by atoms with E-state index in [0.29, 0.717) is 0 Å². The Hall–Kier alpha value is -2.52. The number of carboxylic acids is 1. The number of nitro benzene ring substituents is 1. The average molecular weight is 284 g/mol. The normalized spacial score (nSPS) is 13.5. The summed E-state index contributed by atoms with van der Waals surface area (Å²) in [4.78, 5) is 31.5. The molecule has 0 aliphatic carbocycles. The summed E-state index contributed by atoms with van der Waals surface area (Å²) in [5.74, 6) is -2.33. The maximum atomic E-state index is 11.0. The van der Waals surface area contributed by atoms with Crippen molar-refractivity contribution in [1.82, 2.24) is 0 Å². The molecule has 108 valence electrons. The number of rotatable bonds is 6. The van der Waals surface area contributed by atoms with Crippen LogP contribution in [0.5, 0.6) is 0 Å². The number of benzene rings is 1. The first-order valence-corrected chi connectivity index (χ1v) is 5.40. The zero-order valence-corrected chi connectivity index (χ0v) is 10.1. The summed E-state index contributed by atoms with van der Waals surface area (Å²) >= 11 is 0. The van der Waals surface area contributed by atoms with Gasteiger partial charge in [0.1, 0.15) is 6.10 Å². The molecular weight excluding hydrogens is 272 g/mol. The van der Waals surface area contributed by atoms with E-state index in [9.17, 15) is 29.9 Å². The van der Waals surface area contributed by atoms with Crippen LogP contribution in [-0.4, -0.2) is 38.2 Å². The number of nitrogens with zero attached hydrogens (tertiary/aromatic N) is 1. The number of carboxylic acid groups (broad SMARTS) is 1. The molecule has 0 bridgehead atoms. The van der Waals surface area contributed by atoms with Crippen LogP contribution in [-0.2, 0) is 4.79 Å². The molecule has 0 heterocycles. The molecule has 0 saturated carbocycles. The summed E-state index contributed by atoms with van der Waals surface area (Å²) in [6, 6.07) is 2.73. The first kappa shape index (κ1) is 15.5. The minimum atomic E-state index is -1.78. The third-order valence-corrected chi connectivity index (χ3v) is 2.57. The Morgan fingerprint density at radius 1 is 1.35 bits per heavy atom. The van der Waals surface area contributed by atoms with E-state index in [2.05, 4.69) is 0 Å². The summed E-state index contributed by atoms with van der Waals surface area (Å²) in [6.07, 6.45) is -4.05. The van der Waals surface area contributed by atoms with Crippen molar-refractivity contribution in [3.8, 4) is 0 Å². The fourth-order valence-corrected chi connectivity index (χ4v) is 1.63. The summed E-state index contributed by atoms with van der Waals surface area (Å²) in [6.45, 7) is 0. The van der Waals surface area contributed by atoms with Crippen molar-refractivity contribution >= 4 is 17.6 Å². The van der Waals surface area contributed by atoms with Crippen LogP contribution in [0.15, 0.2) is 18.2 Å². The molecule has 0 spiro atoms. The van der Waals surface area contributed by atoms with Crippen molar-refractivity contribution in [3.63, 3.8) is 0 Å². The number of aliphatic hydroxyl groups is 2. The number of aromatic carboxylic acids is 1. The van der Waals surface area contributed by atoms with Gasteiger partial charge in [-0.25, -0.2) is 4.79 Å². The van der Waals surface area contributed by atoms with Crippen molar-refractivity contribution < 1.29 is 29.8 Å². The Kier molecular flexibility index (Phi) is 4.73. The number of nitro groups is 1. The van der Waals surface area contributed by atoms with Gasteiger partial charge in [0.15, 0.2) is 0 Å². The number of hydrogen-bond acceptors (Lipinski definition) is 6. The smallest absolute Gasteiger partial charge is 0.336 e. The van der Waals surface area contributed by atoms with Crippen molar-refractivity contribution in [3.05, 3.63) is 39.4 Å². The number of nitrogens with two attached hydrogens (primary N) is 1. The number of carbonyl (C=O) groups is 2. The minimum absolute atomic E-state index is 0.361. The van der Waals surface area contributed by atoms with Crippen LogP contribution in [0.4, 0.5) is 5.69 Å². The second kappa shape index (κ2) is 6.08. The first-order chi connectivity index (χ1) is 9.23. The van der Waals surface area contributed by atoms with Crippen LogP contribution in [0.2, 0.25) is 0 Å². The molecule has 9 heteroatoms. The van der Waals surface area contributed by atoms with Gasteiger partial charge in [0.25, 0.3) is 5.69 Å². The Bertz CT molecular complexity index is 558. The van der Waals surface area contributed by atoms with Gasteiger partial charge in [0, 0.05) is 17.7 Å². The van der Waals surface area contributed by atoms with Crippen molar-refractivity contribution in [1.29, 1.82) is 0 Å². The molecule has 1 rings (SSSR count). The number of aliphatic hydroxyl groups excluding tert-OH is 2. The topological polar surface area (TPSA) is 164 Å². The summed E-state index contributed by atoms with van der Waals surface area (Å²) < 4.78 is 0. The van der Waals surface area contributed by atoms with E-state index >= 15 is 0 Å². The van der Waals surface area contributed by atoms with E-state index in [0.717, 1.165) is 18.2 Å². The van der Waals surface area contributed by atoms with Crippen LogP contribution in [0.25, 0.3) is 0 Å². The Balaban J connectivity index is 3.24. The molecule has 0 aliphatic heterocycles. The lowest BCUT2D eigenvalue weighted by molar-refractivity contribution is -0.385. The van der Waals surface area contributed by atoms with E-state index in [1.54, 1.807) is 0 Å². The molecule has 0 aromatic heterocycles. The lowest BCUT2D eigenvalue weighted by Gasteiger charge is -2.18. The summed E-state index contributed by atoms with van der Waals surface area (Å²) in [5, 5.41) is 39.0. The zero-order chi connectivity index (χ0) is 15.4. The highest BCUT2D eigenvalue weighted by molar-refractivity contribution is 5.90. The molecule has 5 N–H and O–H groups in total. The highest BCUT2D eigenvalue weighted by Gasteiger charge is 2.27. The Morgan fingerprint density at radius 2 is 1.95 bits per heavy atom. The number of carbonyl (C=O) groups excluding carboxylic acids is 1. The second-order valence-electron chi connectivity index (χ2n) is 4.02. The molecule has 1 aromatic carbocycles. The number of primary amides is 1. The molecule has 1 aromatic rings. The van der Waals surface area contributed by atoms with E-state index in [-0.39, 0.29) is 5.56 Å². The van der Waals surface area contributed by atoms with Gasteiger partial charge in [-0.1, -0.05) is 0 Å². The van der Waals surface area contributed by atoms with E-state index < -0.39 is 46.7 Å². The monoisotopic (exact) mass is 284 g/mol. The number of hydrogen-bond donors (Lipinski definition) is 4. The Morgan fingerprint density at radius 3 is 2.40 bits per heavy atom. The lowest BCUT2D eigenvalue weighted by atomic mass is 9.96. The van der Waals surface area contributed by atoms with Gasteiger partial charge in [0.05, 0.1) is 23.0 Å². The van der Waals surface area contributed by atoms with E-state index in [1.165, 1.54) is 0 Å². The largest absolute Gasteiger partial charge is 0.478 e. The molecule has 20 heavy (non-hydrogen) atoms. The highest BCUT2D eigenvalue weighted by Crippen LogP contribution is 2.27. The fourth-order valence-electron chi connectivity index (χ4n) is 1.63. The fraction of sp³-hybridized carbons (Fsp3) is 0.273. The molecule has 2 atom stereocenters. The van der Waals surface area contributed by atoms with Crippen LogP contribution in [0.1, 0.15) is 28.4 Å². The third-order valence-electron chi connectivity index (χ3n) is 2.57. The van der Waals surface area contributed by atoms with Gasteiger partial charge < -0.3 is 21.1 Å². The minimum Gasteiger partial charge on any atom is -0.478 e. The van der Waals surface area contributed by atoms with Crippen LogP contribution in [0.3, 0.4) is 0 Å². The maximum absolute atomic E-state index is 11.0. The molecule has 0 saturated heterocycles. The Labute approximate surface area is 112 Å².